The number of rotatable bonds is 8. The van der Waals surface area contributed by atoms with Gasteiger partial charge in [-0.25, -0.2) is 0 Å². The standard InChI is InChI=1S/C13H22N2O3/c1-10(2)15-12(17)11(3)7-13(4,8-14)5-6-18-9-16/h9-11H,5-7H2,1-4H3,(H,15,17). The fraction of sp³-hybridized carbons (Fsp3) is 0.769. The second-order valence-corrected chi connectivity index (χ2v) is 5.16. The molecule has 1 amide bonds. The van der Waals surface area contributed by atoms with Gasteiger partial charge < -0.3 is 10.1 Å². The van der Waals surface area contributed by atoms with Crippen LogP contribution in [0.2, 0.25) is 0 Å². The zero-order chi connectivity index (χ0) is 14.2. The lowest BCUT2D eigenvalue weighted by molar-refractivity contribution is -0.130. The number of ether oxygens (including phenoxy) is 1. The van der Waals surface area contributed by atoms with E-state index in [1.807, 2.05) is 13.8 Å². The van der Waals surface area contributed by atoms with Crippen molar-refractivity contribution in [2.75, 3.05) is 6.61 Å². The third-order valence-corrected chi connectivity index (χ3v) is 2.74. The number of hydrogen-bond acceptors (Lipinski definition) is 4. The van der Waals surface area contributed by atoms with E-state index < -0.39 is 5.41 Å². The van der Waals surface area contributed by atoms with Gasteiger partial charge in [-0.1, -0.05) is 6.92 Å². The van der Waals surface area contributed by atoms with E-state index in [0.29, 0.717) is 19.3 Å². The van der Waals surface area contributed by atoms with Crippen LogP contribution in [0.15, 0.2) is 0 Å². The molecule has 0 spiro atoms. The average molecular weight is 254 g/mol. The molecule has 18 heavy (non-hydrogen) atoms. The Hall–Kier alpha value is -1.57. The minimum absolute atomic E-state index is 0.0530. The van der Waals surface area contributed by atoms with Gasteiger partial charge in [-0.3, -0.25) is 9.59 Å². The molecule has 102 valence electrons. The second-order valence-electron chi connectivity index (χ2n) is 5.16. The Labute approximate surface area is 108 Å². The number of nitrogens with zero attached hydrogens (tertiary/aromatic N) is 1. The van der Waals surface area contributed by atoms with Crippen molar-refractivity contribution in [2.24, 2.45) is 11.3 Å². The van der Waals surface area contributed by atoms with Gasteiger partial charge in [-0.15, -0.1) is 0 Å². The fourth-order valence-corrected chi connectivity index (χ4v) is 1.73. The second kappa shape index (κ2) is 7.70. The maximum atomic E-state index is 11.8. The molecule has 0 aromatic heterocycles. The minimum atomic E-state index is -0.656. The molecule has 0 rings (SSSR count). The molecule has 0 radical (unpaired) electrons. The summed E-state index contributed by atoms with van der Waals surface area (Å²) < 4.78 is 4.61. The molecule has 2 unspecified atom stereocenters. The van der Waals surface area contributed by atoms with Crippen molar-refractivity contribution < 1.29 is 14.3 Å². The molecule has 0 bridgehead atoms. The SMILES string of the molecule is CC(C)NC(=O)C(C)CC(C)(C#N)CCOC=O. The first-order valence-corrected chi connectivity index (χ1v) is 6.11. The third kappa shape index (κ3) is 6.24. The number of nitrogens with one attached hydrogen (secondary N) is 1. The largest absolute Gasteiger partial charge is 0.468 e. The molecule has 2 atom stereocenters. The summed E-state index contributed by atoms with van der Waals surface area (Å²) in [5.41, 5.74) is -0.656. The van der Waals surface area contributed by atoms with Gasteiger partial charge in [0.05, 0.1) is 18.1 Å². The Balaban J connectivity index is 4.38. The topological polar surface area (TPSA) is 79.2 Å². The molecule has 0 aromatic carbocycles. The van der Waals surface area contributed by atoms with Crippen LogP contribution < -0.4 is 5.32 Å². The highest BCUT2D eigenvalue weighted by atomic mass is 16.5. The molecule has 0 aliphatic heterocycles. The predicted molar refractivity (Wildman–Crippen MR) is 67.4 cm³/mol. The molecule has 0 aromatic rings. The highest BCUT2D eigenvalue weighted by Gasteiger charge is 2.29. The van der Waals surface area contributed by atoms with Gasteiger partial charge in [0.25, 0.3) is 6.47 Å². The van der Waals surface area contributed by atoms with Gasteiger partial charge in [0, 0.05) is 12.0 Å². The maximum Gasteiger partial charge on any atom is 0.293 e. The smallest absolute Gasteiger partial charge is 0.293 e. The average Bonchev–Trinajstić information content (AvgIpc) is 2.28. The van der Waals surface area contributed by atoms with Crippen LogP contribution >= 0.6 is 0 Å². The first-order chi connectivity index (χ1) is 8.34. The summed E-state index contributed by atoms with van der Waals surface area (Å²) in [7, 11) is 0. The Kier molecular flexibility index (Phi) is 7.03. The van der Waals surface area contributed by atoms with Crippen LogP contribution in [0.5, 0.6) is 0 Å². The molecule has 0 aliphatic rings. The lowest BCUT2D eigenvalue weighted by atomic mass is 9.80. The summed E-state index contributed by atoms with van der Waals surface area (Å²) in [4.78, 5) is 21.8. The van der Waals surface area contributed by atoms with E-state index in [-0.39, 0.29) is 24.5 Å². The summed E-state index contributed by atoms with van der Waals surface area (Å²) in [6.45, 7) is 7.94. The lowest BCUT2D eigenvalue weighted by Crippen LogP contribution is -2.36. The minimum Gasteiger partial charge on any atom is -0.468 e. The lowest BCUT2D eigenvalue weighted by Gasteiger charge is -2.24. The molecule has 5 heteroatoms. The van der Waals surface area contributed by atoms with Crippen LogP contribution in [0, 0.1) is 22.7 Å². The van der Waals surface area contributed by atoms with Crippen molar-refractivity contribution in [3.63, 3.8) is 0 Å². The van der Waals surface area contributed by atoms with E-state index in [9.17, 15) is 14.9 Å². The van der Waals surface area contributed by atoms with Gasteiger partial charge in [0.1, 0.15) is 0 Å². The normalized spacial score (nSPS) is 15.3. The van der Waals surface area contributed by atoms with Crippen molar-refractivity contribution in [1.82, 2.24) is 5.32 Å². The van der Waals surface area contributed by atoms with Crippen molar-refractivity contribution in [3.05, 3.63) is 0 Å². The Morgan fingerprint density at radius 1 is 1.50 bits per heavy atom. The van der Waals surface area contributed by atoms with Gasteiger partial charge in [0.2, 0.25) is 5.91 Å². The predicted octanol–water partition coefficient (Wildman–Crippen LogP) is 1.63. The van der Waals surface area contributed by atoms with E-state index in [1.54, 1.807) is 13.8 Å². The quantitative estimate of drug-likeness (QED) is 0.527. The van der Waals surface area contributed by atoms with Crippen LogP contribution in [0.1, 0.15) is 40.5 Å². The summed E-state index contributed by atoms with van der Waals surface area (Å²) in [6.07, 6.45) is 0.881. The van der Waals surface area contributed by atoms with Gasteiger partial charge in [0.15, 0.2) is 0 Å². The molecule has 0 aliphatic carbocycles. The van der Waals surface area contributed by atoms with Crippen LogP contribution in [0.4, 0.5) is 0 Å². The molecule has 0 heterocycles. The zero-order valence-corrected chi connectivity index (χ0v) is 11.5. The summed E-state index contributed by atoms with van der Waals surface area (Å²) in [5.74, 6) is -0.295. The van der Waals surface area contributed by atoms with Crippen molar-refractivity contribution in [2.45, 2.75) is 46.6 Å². The first-order valence-electron chi connectivity index (χ1n) is 6.11. The highest BCUT2D eigenvalue weighted by Crippen LogP contribution is 2.29. The Morgan fingerprint density at radius 3 is 2.56 bits per heavy atom. The zero-order valence-electron chi connectivity index (χ0n) is 11.5. The highest BCUT2D eigenvalue weighted by molar-refractivity contribution is 5.78. The number of nitriles is 1. The van der Waals surface area contributed by atoms with E-state index in [4.69, 9.17) is 0 Å². The van der Waals surface area contributed by atoms with Crippen LogP contribution in [0.25, 0.3) is 0 Å². The van der Waals surface area contributed by atoms with Gasteiger partial charge in [-0.2, -0.15) is 5.26 Å². The Morgan fingerprint density at radius 2 is 2.11 bits per heavy atom. The van der Waals surface area contributed by atoms with Crippen LogP contribution in [-0.4, -0.2) is 25.0 Å². The van der Waals surface area contributed by atoms with Crippen molar-refractivity contribution >= 4 is 12.4 Å². The first kappa shape index (κ1) is 16.4. The molecule has 1 N–H and O–H groups in total. The Bertz CT molecular complexity index is 323. The number of carbonyl (C=O) groups is 2. The van der Waals surface area contributed by atoms with E-state index >= 15 is 0 Å². The molecule has 0 saturated heterocycles. The summed E-state index contributed by atoms with van der Waals surface area (Å²) in [6, 6.07) is 2.29. The summed E-state index contributed by atoms with van der Waals surface area (Å²) in [5, 5.41) is 12.0. The molecular weight excluding hydrogens is 232 g/mol. The number of carbonyl (C=O) groups excluding carboxylic acids is 2. The van der Waals surface area contributed by atoms with E-state index in [0.717, 1.165) is 0 Å². The van der Waals surface area contributed by atoms with Crippen LogP contribution in [-0.2, 0) is 14.3 Å². The summed E-state index contributed by atoms with van der Waals surface area (Å²) >= 11 is 0. The van der Waals surface area contributed by atoms with Gasteiger partial charge >= 0.3 is 0 Å². The van der Waals surface area contributed by atoms with Crippen LogP contribution in [0.3, 0.4) is 0 Å². The monoisotopic (exact) mass is 254 g/mol. The van der Waals surface area contributed by atoms with Gasteiger partial charge in [-0.05, 0) is 33.6 Å². The molecule has 5 nitrogen and oxygen atoms in total. The number of amides is 1. The van der Waals surface area contributed by atoms with E-state index in [1.165, 1.54) is 0 Å². The molecule has 0 fully saturated rings. The molecular formula is C13H22N2O3. The third-order valence-electron chi connectivity index (χ3n) is 2.74. The van der Waals surface area contributed by atoms with E-state index in [2.05, 4.69) is 16.1 Å². The fourth-order valence-electron chi connectivity index (χ4n) is 1.73. The number of hydrogen-bond donors (Lipinski definition) is 1. The van der Waals surface area contributed by atoms with Crippen molar-refractivity contribution in [1.29, 1.82) is 5.26 Å². The van der Waals surface area contributed by atoms with Crippen molar-refractivity contribution in [3.8, 4) is 6.07 Å². The molecule has 0 saturated carbocycles. The maximum absolute atomic E-state index is 11.8.